The standard InChI is InChI=1S/C13H26O3.Na/c14-12-10-8-6-4-2-1-3-5-7-9-11-13(15)16;/h14H,1-12H2,(H,15,16);/q;+1/p-1. The fraction of sp³-hybridized carbons (Fsp3) is 0.923. The Morgan fingerprint density at radius 3 is 1.47 bits per heavy atom. The van der Waals surface area contributed by atoms with E-state index >= 15 is 0 Å². The topological polar surface area (TPSA) is 60.4 Å². The van der Waals surface area contributed by atoms with Crippen LogP contribution in [0.4, 0.5) is 0 Å². The van der Waals surface area contributed by atoms with Gasteiger partial charge in [0.2, 0.25) is 0 Å². The van der Waals surface area contributed by atoms with Gasteiger partial charge in [0.05, 0.1) is 0 Å². The first-order chi connectivity index (χ1) is 7.77. The molecule has 0 fully saturated rings. The second-order valence-electron chi connectivity index (χ2n) is 4.38. The Labute approximate surface area is 127 Å². The van der Waals surface area contributed by atoms with E-state index in [0.717, 1.165) is 32.1 Å². The van der Waals surface area contributed by atoms with Crippen LogP contribution in [0.2, 0.25) is 0 Å². The van der Waals surface area contributed by atoms with Crippen LogP contribution in [0.25, 0.3) is 0 Å². The molecule has 0 radical (unpaired) electrons. The summed E-state index contributed by atoms with van der Waals surface area (Å²) in [7, 11) is 0. The van der Waals surface area contributed by atoms with Crippen molar-refractivity contribution < 1.29 is 44.6 Å². The zero-order valence-corrected chi connectivity index (χ0v) is 13.2. The molecular weight excluding hydrogens is 227 g/mol. The summed E-state index contributed by atoms with van der Waals surface area (Å²) in [5.74, 6) is -0.927. The fourth-order valence-corrected chi connectivity index (χ4v) is 1.80. The molecule has 0 aliphatic heterocycles. The SMILES string of the molecule is O=C([O-])CCCCCCCCCCCCO.[Na+]. The van der Waals surface area contributed by atoms with Gasteiger partial charge in [-0.2, -0.15) is 0 Å². The number of carboxylic acid groups (broad SMARTS) is 1. The summed E-state index contributed by atoms with van der Waals surface area (Å²) in [5, 5.41) is 18.7. The first-order valence-electron chi connectivity index (χ1n) is 6.58. The zero-order chi connectivity index (χ0) is 12.1. The van der Waals surface area contributed by atoms with Crippen molar-refractivity contribution in [2.45, 2.75) is 70.6 Å². The number of rotatable bonds is 12. The minimum atomic E-state index is -0.927. The van der Waals surface area contributed by atoms with Gasteiger partial charge in [-0.25, -0.2) is 0 Å². The number of aliphatic hydroxyl groups is 1. The van der Waals surface area contributed by atoms with Crippen molar-refractivity contribution in [1.29, 1.82) is 0 Å². The fourth-order valence-electron chi connectivity index (χ4n) is 1.80. The van der Waals surface area contributed by atoms with Gasteiger partial charge in [0.25, 0.3) is 0 Å². The molecule has 0 aliphatic rings. The van der Waals surface area contributed by atoms with Crippen LogP contribution in [0.1, 0.15) is 70.6 Å². The van der Waals surface area contributed by atoms with Crippen molar-refractivity contribution in [3.05, 3.63) is 0 Å². The van der Waals surface area contributed by atoms with E-state index in [0.29, 0.717) is 6.61 Å². The minimum Gasteiger partial charge on any atom is -0.550 e. The molecule has 0 bridgehead atoms. The molecule has 0 saturated carbocycles. The third-order valence-corrected chi connectivity index (χ3v) is 2.79. The molecule has 0 aromatic rings. The number of carboxylic acids is 1. The van der Waals surface area contributed by atoms with Crippen LogP contribution < -0.4 is 34.7 Å². The molecule has 17 heavy (non-hydrogen) atoms. The second kappa shape index (κ2) is 16.4. The van der Waals surface area contributed by atoms with Gasteiger partial charge in [-0.15, -0.1) is 0 Å². The average Bonchev–Trinajstić information content (AvgIpc) is 2.25. The van der Waals surface area contributed by atoms with E-state index in [1.165, 1.54) is 32.1 Å². The number of carbonyl (C=O) groups excluding carboxylic acids is 1. The maximum Gasteiger partial charge on any atom is 1.00 e. The molecule has 0 aromatic heterocycles. The summed E-state index contributed by atoms with van der Waals surface area (Å²) in [6.45, 7) is 0.318. The van der Waals surface area contributed by atoms with E-state index in [-0.39, 0.29) is 36.0 Å². The van der Waals surface area contributed by atoms with Crippen molar-refractivity contribution in [3.8, 4) is 0 Å². The molecule has 0 saturated heterocycles. The molecule has 96 valence electrons. The van der Waals surface area contributed by atoms with Crippen molar-refractivity contribution >= 4 is 5.97 Å². The van der Waals surface area contributed by atoms with Gasteiger partial charge < -0.3 is 15.0 Å². The third kappa shape index (κ3) is 19.0. The van der Waals surface area contributed by atoms with E-state index in [9.17, 15) is 9.90 Å². The zero-order valence-electron chi connectivity index (χ0n) is 11.2. The maximum absolute atomic E-state index is 10.1. The van der Waals surface area contributed by atoms with Gasteiger partial charge in [-0.05, 0) is 19.3 Å². The summed E-state index contributed by atoms with van der Waals surface area (Å²) in [6.07, 6.45) is 11.4. The molecule has 0 aliphatic carbocycles. The van der Waals surface area contributed by atoms with E-state index in [1.54, 1.807) is 0 Å². The molecule has 0 atom stereocenters. The predicted octanol–water partition coefficient (Wildman–Crippen LogP) is -0.976. The Kier molecular flexibility index (Phi) is 19.1. The molecule has 0 amide bonds. The molecule has 1 N–H and O–H groups in total. The number of aliphatic carboxylic acids is 1. The Balaban J connectivity index is 0. The van der Waals surface area contributed by atoms with Gasteiger partial charge in [0.1, 0.15) is 0 Å². The Morgan fingerprint density at radius 2 is 1.12 bits per heavy atom. The summed E-state index contributed by atoms with van der Waals surface area (Å²) in [4.78, 5) is 10.1. The minimum absolute atomic E-state index is 0. The van der Waals surface area contributed by atoms with E-state index < -0.39 is 5.97 Å². The van der Waals surface area contributed by atoms with E-state index in [1.807, 2.05) is 0 Å². The first-order valence-corrected chi connectivity index (χ1v) is 6.58. The van der Waals surface area contributed by atoms with Crippen molar-refractivity contribution in [3.63, 3.8) is 0 Å². The molecule has 0 rings (SSSR count). The van der Waals surface area contributed by atoms with Gasteiger partial charge in [-0.1, -0.05) is 51.4 Å². The maximum atomic E-state index is 10.1. The Morgan fingerprint density at radius 1 is 0.765 bits per heavy atom. The van der Waals surface area contributed by atoms with Crippen LogP contribution in [-0.4, -0.2) is 17.7 Å². The molecule has 0 heterocycles. The first kappa shape index (κ1) is 19.8. The quantitative estimate of drug-likeness (QED) is 0.359. The number of carbonyl (C=O) groups is 1. The summed E-state index contributed by atoms with van der Waals surface area (Å²) in [5.41, 5.74) is 0. The van der Waals surface area contributed by atoms with Crippen LogP contribution in [-0.2, 0) is 4.79 Å². The van der Waals surface area contributed by atoms with Crippen molar-refractivity contribution in [2.75, 3.05) is 6.61 Å². The number of hydrogen-bond acceptors (Lipinski definition) is 3. The number of unbranched alkanes of at least 4 members (excludes halogenated alkanes) is 9. The molecular formula is C13H25NaO3. The van der Waals surface area contributed by atoms with Crippen LogP contribution in [0.3, 0.4) is 0 Å². The predicted molar refractivity (Wildman–Crippen MR) is 62.9 cm³/mol. The molecule has 0 unspecified atom stereocenters. The second-order valence-corrected chi connectivity index (χ2v) is 4.38. The van der Waals surface area contributed by atoms with Crippen LogP contribution in [0.15, 0.2) is 0 Å². The third-order valence-electron chi connectivity index (χ3n) is 2.79. The average molecular weight is 252 g/mol. The Bertz CT molecular complexity index is 163. The van der Waals surface area contributed by atoms with Gasteiger partial charge >= 0.3 is 29.6 Å². The van der Waals surface area contributed by atoms with Crippen LogP contribution in [0.5, 0.6) is 0 Å². The summed E-state index contributed by atoms with van der Waals surface area (Å²) < 4.78 is 0. The summed E-state index contributed by atoms with van der Waals surface area (Å²) in [6, 6.07) is 0. The van der Waals surface area contributed by atoms with Crippen LogP contribution in [0, 0.1) is 0 Å². The van der Waals surface area contributed by atoms with E-state index in [4.69, 9.17) is 5.11 Å². The Hall–Kier alpha value is 0.430. The largest absolute Gasteiger partial charge is 1.00 e. The van der Waals surface area contributed by atoms with Crippen LogP contribution >= 0.6 is 0 Å². The van der Waals surface area contributed by atoms with Gasteiger partial charge in [-0.3, -0.25) is 0 Å². The molecule has 4 heteroatoms. The molecule has 3 nitrogen and oxygen atoms in total. The number of hydrogen-bond donors (Lipinski definition) is 1. The summed E-state index contributed by atoms with van der Waals surface area (Å²) >= 11 is 0. The monoisotopic (exact) mass is 252 g/mol. The molecule has 0 spiro atoms. The van der Waals surface area contributed by atoms with Gasteiger partial charge in [0, 0.05) is 12.6 Å². The number of aliphatic hydroxyl groups excluding tert-OH is 1. The smallest absolute Gasteiger partial charge is 0.550 e. The normalized spacial score (nSPS) is 9.94. The van der Waals surface area contributed by atoms with E-state index in [2.05, 4.69) is 0 Å². The van der Waals surface area contributed by atoms with Gasteiger partial charge in [0.15, 0.2) is 0 Å². The van der Waals surface area contributed by atoms with Crippen molar-refractivity contribution in [1.82, 2.24) is 0 Å². The van der Waals surface area contributed by atoms with Crippen molar-refractivity contribution in [2.24, 2.45) is 0 Å². The molecule has 0 aromatic carbocycles.